The summed E-state index contributed by atoms with van der Waals surface area (Å²) in [7, 11) is 4.60. The van der Waals surface area contributed by atoms with E-state index in [9.17, 15) is 9.59 Å². The van der Waals surface area contributed by atoms with Gasteiger partial charge >= 0.3 is 5.97 Å². The third-order valence-electron chi connectivity index (χ3n) is 6.56. The summed E-state index contributed by atoms with van der Waals surface area (Å²) < 4.78 is 23.6. The zero-order chi connectivity index (χ0) is 29.1. The lowest BCUT2D eigenvalue weighted by Gasteiger charge is -2.26. The van der Waals surface area contributed by atoms with Gasteiger partial charge in [0.2, 0.25) is 0 Å². The lowest BCUT2D eigenvalue weighted by atomic mass is 9.93. The third-order valence-corrected chi connectivity index (χ3v) is 7.82. The molecule has 0 bridgehead atoms. The monoisotopic (exact) mass is 590 g/mol. The number of aromatic nitrogens is 1. The van der Waals surface area contributed by atoms with Crippen LogP contribution in [0.25, 0.3) is 11.8 Å². The number of hydrogen-bond donors (Lipinski definition) is 0. The van der Waals surface area contributed by atoms with Gasteiger partial charge in [-0.15, -0.1) is 0 Å². The van der Waals surface area contributed by atoms with Gasteiger partial charge in [-0.1, -0.05) is 65.4 Å². The molecule has 0 aliphatic carbocycles. The number of hydrogen-bond acceptors (Lipinski definition) is 8. The molecule has 0 amide bonds. The number of fused-ring (bicyclic) bond motifs is 1. The topological polar surface area (TPSA) is 88.4 Å². The minimum atomic E-state index is -0.789. The molecular formula is C31H27ClN2O6S. The largest absolute Gasteiger partial charge is 0.497 e. The van der Waals surface area contributed by atoms with Gasteiger partial charge in [-0.2, -0.15) is 0 Å². The minimum Gasteiger partial charge on any atom is -0.497 e. The Balaban J connectivity index is 1.80. The smallest absolute Gasteiger partial charge is 0.338 e. The molecular weight excluding hydrogens is 564 g/mol. The molecule has 1 atom stereocenters. The molecule has 2 heterocycles. The fraction of sp³-hybridized carbons (Fsp3) is 0.194. The number of ether oxygens (including phenoxy) is 4. The average molecular weight is 591 g/mol. The second-order valence-corrected chi connectivity index (χ2v) is 10.4. The van der Waals surface area contributed by atoms with Crippen LogP contribution < -0.4 is 29.1 Å². The van der Waals surface area contributed by atoms with Crippen LogP contribution in [0.3, 0.4) is 0 Å². The van der Waals surface area contributed by atoms with Crippen molar-refractivity contribution in [2.75, 3.05) is 27.9 Å². The molecule has 1 aliphatic heterocycles. The lowest BCUT2D eigenvalue weighted by Crippen LogP contribution is -2.40. The van der Waals surface area contributed by atoms with Gasteiger partial charge in [0.1, 0.15) is 5.75 Å². The number of carbonyl (C=O) groups is 1. The predicted octanol–water partition coefficient (Wildman–Crippen LogP) is 4.61. The summed E-state index contributed by atoms with van der Waals surface area (Å²) in [5, 5.41) is 0.345. The Labute approximate surface area is 245 Å². The lowest BCUT2D eigenvalue weighted by molar-refractivity contribution is -0.138. The number of esters is 1. The molecule has 0 radical (unpaired) electrons. The van der Waals surface area contributed by atoms with Crippen LogP contribution >= 0.6 is 22.9 Å². The molecule has 5 rings (SSSR count). The quantitative estimate of drug-likeness (QED) is 0.278. The highest BCUT2D eigenvalue weighted by Crippen LogP contribution is 2.37. The van der Waals surface area contributed by atoms with Crippen molar-refractivity contribution in [3.63, 3.8) is 0 Å². The van der Waals surface area contributed by atoms with E-state index in [1.165, 1.54) is 25.6 Å². The summed E-state index contributed by atoms with van der Waals surface area (Å²) in [6, 6.07) is 19.3. The molecule has 3 aromatic carbocycles. The van der Waals surface area contributed by atoms with E-state index in [2.05, 4.69) is 0 Å². The van der Waals surface area contributed by atoms with Gasteiger partial charge in [0.05, 0.1) is 54.8 Å². The first kappa shape index (κ1) is 28.2. The first-order valence-electron chi connectivity index (χ1n) is 12.7. The number of rotatable bonds is 8. The van der Waals surface area contributed by atoms with Gasteiger partial charge in [-0.05, 0) is 48.4 Å². The standard InChI is InChI=1S/C31H27ClN2O6S/c1-5-40-30(36)25-26(19-9-7-6-8-10-19)33-31-34(27(25)20-11-13-21(37-2)14-12-20)29(35)24(41-31)17-18-15-22(32)28(39-4)23(16-18)38-3/h6-17,27H,5H2,1-4H3/b24-17-/t27-/m1/s1. The molecule has 10 heteroatoms. The van der Waals surface area contributed by atoms with Crippen LogP contribution in [-0.4, -0.2) is 38.5 Å². The Morgan fingerprint density at radius 1 is 1.02 bits per heavy atom. The van der Waals surface area contributed by atoms with Crippen LogP contribution in [0, 0.1) is 0 Å². The van der Waals surface area contributed by atoms with E-state index in [-0.39, 0.29) is 17.7 Å². The molecule has 8 nitrogen and oxygen atoms in total. The highest BCUT2D eigenvalue weighted by atomic mass is 35.5. The van der Waals surface area contributed by atoms with E-state index in [0.717, 1.165) is 5.56 Å². The van der Waals surface area contributed by atoms with Crippen LogP contribution in [0.1, 0.15) is 29.7 Å². The van der Waals surface area contributed by atoms with E-state index < -0.39 is 12.0 Å². The Morgan fingerprint density at radius 2 is 1.76 bits per heavy atom. The van der Waals surface area contributed by atoms with E-state index in [1.54, 1.807) is 48.9 Å². The average Bonchev–Trinajstić information content (AvgIpc) is 3.30. The molecule has 0 N–H and O–H groups in total. The van der Waals surface area contributed by atoms with Crippen molar-refractivity contribution in [3.05, 3.63) is 114 Å². The van der Waals surface area contributed by atoms with Crippen LogP contribution in [-0.2, 0) is 9.53 Å². The summed E-state index contributed by atoms with van der Waals surface area (Å²) >= 11 is 7.65. The summed E-state index contributed by atoms with van der Waals surface area (Å²) in [5.41, 5.74) is 2.50. The van der Waals surface area contributed by atoms with Crippen molar-refractivity contribution >= 4 is 40.7 Å². The van der Waals surface area contributed by atoms with Crippen molar-refractivity contribution in [1.82, 2.24) is 4.57 Å². The first-order chi connectivity index (χ1) is 19.9. The molecule has 0 saturated carbocycles. The van der Waals surface area contributed by atoms with E-state index in [0.29, 0.717) is 48.4 Å². The normalized spacial score (nSPS) is 14.8. The molecule has 0 spiro atoms. The highest BCUT2D eigenvalue weighted by molar-refractivity contribution is 7.07. The minimum absolute atomic E-state index is 0.171. The van der Waals surface area contributed by atoms with Crippen molar-refractivity contribution in [3.8, 4) is 17.2 Å². The zero-order valence-corrected chi connectivity index (χ0v) is 24.4. The van der Waals surface area contributed by atoms with Crippen molar-refractivity contribution in [2.45, 2.75) is 13.0 Å². The molecule has 0 fully saturated rings. The maximum absolute atomic E-state index is 14.1. The Hall–Kier alpha value is -4.34. The molecule has 1 aromatic heterocycles. The number of benzene rings is 3. The first-order valence-corrected chi connectivity index (χ1v) is 13.9. The molecule has 41 heavy (non-hydrogen) atoms. The molecule has 1 aliphatic rings. The fourth-order valence-electron chi connectivity index (χ4n) is 4.71. The Kier molecular flexibility index (Phi) is 8.28. The van der Waals surface area contributed by atoms with Crippen LogP contribution in [0.5, 0.6) is 17.2 Å². The predicted molar refractivity (Wildman–Crippen MR) is 159 cm³/mol. The number of halogens is 1. The number of carbonyl (C=O) groups excluding carboxylic acids is 1. The van der Waals surface area contributed by atoms with E-state index in [1.807, 2.05) is 42.5 Å². The van der Waals surface area contributed by atoms with Gasteiger partial charge in [0.25, 0.3) is 5.56 Å². The number of nitrogens with zero attached hydrogens (tertiary/aromatic N) is 2. The second kappa shape index (κ2) is 12.0. The Morgan fingerprint density at radius 3 is 2.39 bits per heavy atom. The number of thiazole rings is 1. The van der Waals surface area contributed by atoms with Crippen molar-refractivity contribution in [1.29, 1.82) is 0 Å². The molecule has 4 aromatic rings. The van der Waals surface area contributed by atoms with Crippen LogP contribution in [0.4, 0.5) is 0 Å². The van der Waals surface area contributed by atoms with Gasteiger partial charge in [-0.3, -0.25) is 9.36 Å². The SMILES string of the molecule is CCOC(=O)C1=C(c2ccccc2)N=c2s/c(=C\c3cc(Cl)c(OC)c(OC)c3)c(=O)n2[C@@H]1c1ccc(OC)cc1. The number of methoxy groups -OCH3 is 3. The second-order valence-electron chi connectivity index (χ2n) is 8.94. The highest BCUT2D eigenvalue weighted by Gasteiger charge is 2.35. The summed E-state index contributed by atoms with van der Waals surface area (Å²) in [4.78, 5) is 32.9. The van der Waals surface area contributed by atoms with Crippen LogP contribution in [0.2, 0.25) is 5.02 Å². The van der Waals surface area contributed by atoms with Crippen molar-refractivity contribution < 1.29 is 23.7 Å². The fourth-order valence-corrected chi connectivity index (χ4v) is 6.01. The van der Waals surface area contributed by atoms with Crippen LogP contribution in [0.15, 0.2) is 82.1 Å². The zero-order valence-electron chi connectivity index (χ0n) is 22.8. The molecule has 210 valence electrons. The maximum atomic E-state index is 14.1. The van der Waals surface area contributed by atoms with Gasteiger partial charge in [0, 0.05) is 5.56 Å². The summed E-state index contributed by atoms with van der Waals surface area (Å²) in [6.07, 6.45) is 1.72. The maximum Gasteiger partial charge on any atom is 0.338 e. The van der Waals surface area contributed by atoms with E-state index >= 15 is 0 Å². The van der Waals surface area contributed by atoms with Gasteiger partial charge in [0.15, 0.2) is 16.3 Å². The van der Waals surface area contributed by atoms with Gasteiger partial charge < -0.3 is 18.9 Å². The van der Waals surface area contributed by atoms with Crippen molar-refractivity contribution in [2.24, 2.45) is 4.99 Å². The third kappa shape index (κ3) is 5.38. The summed E-state index contributed by atoms with van der Waals surface area (Å²) in [5.74, 6) is 0.943. The molecule has 0 unspecified atom stereocenters. The molecule has 0 saturated heterocycles. The van der Waals surface area contributed by atoms with Gasteiger partial charge in [-0.25, -0.2) is 9.79 Å². The Bertz CT molecular complexity index is 1810. The summed E-state index contributed by atoms with van der Waals surface area (Å²) in [6.45, 7) is 1.91. The van der Waals surface area contributed by atoms with E-state index in [4.69, 9.17) is 35.5 Å².